The number of aromatic nitrogens is 2. The highest BCUT2D eigenvalue weighted by Gasteiger charge is 2.16. The summed E-state index contributed by atoms with van der Waals surface area (Å²) in [7, 11) is 0. The standard InChI is InChI=1S/C19H21ClN2O3/c1-5-24-19(23)16-6-12(4)22(21-16)10-14-8-15(20)7-13-9-17(11(2)3)25-18(13)14/h6-9,11H,5,10H2,1-4H3. The molecule has 0 saturated heterocycles. The molecule has 0 fully saturated rings. The van der Waals surface area contributed by atoms with Gasteiger partial charge in [0, 0.05) is 27.6 Å². The van der Waals surface area contributed by atoms with Crippen molar-refractivity contribution in [1.82, 2.24) is 9.78 Å². The lowest BCUT2D eigenvalue weighted by Crippen LogP contribution is -2.08. The normalized spacial score (nSPS) is 11.4. The third kappa shape index (κ3) is 3.56. The minimum absolute atomic E-state index is 0.292. The van der Waals surface area contributed by atoms with Crippen molar-refractivity contribution in [2.24, 2.45) is 0 Å². The van der Waals surface area contributed by atoms with E-state index in [0.717, 1.165) is 28.0 Å². The largest absolute Gasteiger partial charge is 0.461 e. The van der Waals surface area contributed by atoms with Gasteiger partial charge in [0.05, 0.1) is 13.2 Å². The second-order valence-electron chi connectivity index (χ2n) is 6.34. The summed E-state index contributed by atoms with van der Waals surface area (Å²) < 4.78 is 12.8. The maximum Gasteiger partial charge on any atom is 0.358 e. The molecule has 0 N–H and O–H groups in total. The summed E-state index contributed by atoms with van der Waals surface area (Å²) in [5.41, 5.74) is 2.91. The summed E-state index contributed by atoms with van der Waals surface area (Å²) in [6, 6.07) is 7.52. The molecule has 3 rings (SSSR count). The second kappa shape index (κ2) is 6.92. The van der Waals surface area contributed by atoms with Crippen molar-refractivity contribution in [1.29, 1.82) is 0 Å². The Balaban J connectivity index is 1.99. The number of halogens is 1. The lowest BCUT2D eigenvalue weighted by Gasteiger charge is -2.06. The SMILES string of the molecule is CCOC(=O)c1cc(C)n(Cc2cc(Cl)cc3cc(C(C)C)oc23)n1. The number of aryl methyl sites for hydroxylation is 1. The van der Waals surface area contributed by atoms with Gasteiger partial charge in [-0.3, -0.25) is 4.68 Å². The molecule has 3 aromatic rings. The Labute approximate surface area is 151 Å². The molecule has 2 heterocycles. The highest BCUT2D eigenvalue weighted by Crippen LogP contribution is 2.31. The van der Waals surface area contributed by atoms with Crippen LogP contribution in [0.1, 0.15) is 54.2 Å². The molecule has 0 aliphatic rings. The number of nitrogens with zero attached hydrogens (tertiary/aromatic N) is 2. The maximum absolute atomic E-state index is 11.9. The highest BCUT2D eigenvalue weighted by molar-refractivity contribution is 6.31. The lowest BCUT2D eigenvalue weighted by atomic mass is 10.1. The van der Waals surface area contributed by atoms with Crippen molar-refractivity contribution in [2.75, 3.05) is 6.61 Å². The van der Waals surface area contributed by atoms with Gasteiger partial charge in [0.1, 0.15) is 11.3 Å². The number of carbonyl (C=O) groups excluding carboxylic acids is 1. The van der Waals surface area contributed by atoms with Crippen LogP contribution in [0.5, 0.6) is 0 Å². The third-order valence-electron chi connectivity index (χ3n) is 4.03. The quantitative estimate of drug-likeness (QED) is 0.605. The van der Waals surface area contributed by atoms with E-state index >= 15 is 0 Å². The van der Waals surface area contributed by atoms with Gasteiger partial charge in [0.25, 0.3) is 0 Å². The van der Waals surface area contributed by atoms with Crippen molar-refractivity contribution in [2.45, 2.75) is 40.2 Å². The van der Waals surface area contributed by atoms with Gasteiger partial charge in [0.15, 0.2) is 5.69 Å². The summed E-state index contributed by atoms with van der Waals surface area (Å²) in [6.45, 7) is 8.63. The Morgan fingerprint density at radius 1 is 1.32 bits per heavy atom. The summed E-state index contributed by atoms with van der Waals surface area (Å²) in [5, 5.41) is 5.98. The molecule has 132 valence electrons. The van der Waals surface area contributed by atoms with Gasteiger partial charge in [-0.2, -0.15) is 5.10 Å². The van der Waals surface area contributed by atoms with E-state index in [2.05, 4.69) is 18.9 Å². The molecule has 0 amide bonds. The Bertz CT molecular complexity index is 924. The number of esters is 1. The maximum atomic E-state index is 11.9. The van der Waals surface area contributed by atoms with Crippen molar-refractivity contribution < 1.29 is 13.9 Å². The first-order chi connectivity index (χ1) is 11.9. The van der Waals surface area contributed by atoms with E-state index in [1.807, 2.05) is 25.1 Å². The molecule has 0 saturated carbocycles. The first-order valence-electron chi connectivity index (χ1n) is 8.32. The highest BCUT2D eigenvalue weighted by atomic mass is 35.5. The minimum Gasteiger partial charge on any atom is -0.461 e. The van der Waals surface area contributed by atoms with E-state index in [1.165, 1.54) is 0 Å². The summed E-state index contributed by atoms with van der Waals surface area (Å²) in [5.74, 6) is 0.796. The van der Waals surface area contributed by atoms with Gasteiger partial charge in [0.2, 0.25) is 0 Å². The van der Waals surface area contributed by atoms with E-state index in [9.17, 15) is 4.79 Å². The number of hydrogen-bond donors (Lipinski definition) is 0. The number of benzene rings is 1. The third-order valence-corrected chi connectivity index (χ3v) is 4.25. The van der Waals surface area contributed by atoms with Crippen LogP contribution in [0.3, 0.4) is 0 Å². The van der Waals surface area contributed by atoms with Crippen LogP contribution in [-0.2, 0) is 11.3 Å². The molecule has 0 spiro atoms. The molecule has 0 aliphatic carbocycles. The molecule has 0 aliphatic heterocycles. The first-order valence-corrected chi connectivity index (χ1v) is 8.70. The monoisotopic (exact) mass is 360 g/mol. The van der Waals surface area contributed by atoms with Crippen LogP contribution in [0.15, 0.2) is 28.7 Å². The fourth-order valence-electron chi connectivity index (χ4n) is 2.74. The molecule has 6 heteroatoms. The fourth-order valence-corrected chi connectivity index (χ4v) is 2.99. The summed E-state index contributed by atoms with van der Waals surface area (Å²) in [4.78, 5) is 11.9. The van der Waals surface area contributed by atoms with Gasteiger partial charge in [-0.15, -0.1) is 0 Å². The molecule has 0 bridgehead atoms. The number of furan rings is 1. The molecule has 1 aromatic carbocycles. The number of ether oxygens (including phenoxy) is 1. The van der Waals surface area contributed by atoms with Crippen LogP contribution >= 0.6 is 11.6 Å². The average Bonchev–Trinajstić information content (AvgIpc) is 3.12. The molecule has 5 nitrogen and oxygen atoms in total. The summed E-state index contributed by atoms with van der Waals surface area (Å²) in [6.07, 6.45) is 0. The molecule has 2 aromatic heterocycles. The fraction of sp³-hybridized carbons (Fsp3) is 0.368. The number of fused-ring (bicyclic) bond motifs is 1. The van der Waals surface area contributed by atoms with Gasteiger partial charge < -0.3 is 9.15 Å². The predicted molar refractivity (Wildman–Crippen MR) is 97.3 cm³/mol. The average molecular weight is 361 g/mol. The van der Waals surface area contributed by atoms with Crippen molar-refractivity contribution in [3.63, 3.8) is 0 Å². The summed E-state index contributed by atoms with van der Waals surface area (Å²) >= 11 is 6.27. The van der Waals surface area contributed by atoms with E-state index < -0.39 is 5.97 Å². The van der Waals surface area contributed by atoms with Crippen LogP contribution in [0, 0.1) is 6.92 Å². The predicted octanol–water partition coefficient (Wildman–Crippen LogP) is 4.94. The van der Waals surface area contributed by atoms with Gasteiger partial charge in [-0.1, -0.05) is 25.4 Å². The zero-order valence-electron chi connectivity index (χ0n) is 14.8. The van der Waals surface area contributed by atoms with Gasteiger partial charge in [-0.25, -0.2) is 4.79 Å². The van der Waals surface area contributed by atoms with E-state index in [-0.39, 0.29) is 0 Å². The molecular formula is C19H21ClN2O3. The van der Waals surface area contributed by atoms with Crippen molar-refractivity contribution in [3.8, 4) is 0 Å². The topological polar surface area (TPSA) is 57.3 Å². The van der Waals surface area contributed by atoms with Crippen LogP contribution < -0.4 is 0 Å². The number of carbonyl (C=O) groups is 1. The Morgan fingerprint density at radius 3 is 2.76 bits per heavy atom. The van der Waals surface area contributed by atoms with Crippen molar-refractivity contribution in [3.05, 3.63) is 52.0 Å². The number of hydrogen-bond acceptors (Lipinski definition) is 4. The molecule has 0 atom stereocenters. The van der Waals surface area contributed by atoms with Crippen molar-refractivity contribution >= 4 is 28.5 Å². The zero-order chi connectivity index (χ0) is 18.1. The Hall–Kier alpha value is -2.27. The smallest absolute Gasteiger partial charge is 0.358 e. The Morgan fingerprint density at radius 2 is 2.08 bits per heavy atom. The molecule has 0 unspecified atom stereocenters. The molecular weight excluding hydrogens is 340 g/mol. The van der Waals surface area contributed by atoms with E-state index in [4.69, 9.17) is 20.8 Å². The van der Waals surface area contributed by atoms with Gasteiger partial charge >= 0.3 is 5.97 Å². The minimum atomic E-state index is -0.416. The van der Waals surface area contributed by atoms with Crippen LogP contribution in [0.4, 0.5) is 0 Å². The van der Waals surface area contributed by atoms with Crippen LogP contribution in [0.25, 0.3) is 11.0 Å². The van der Waals surface area contributed by atoms with Gasteiger partial charge in [-0.05, 0) is 38.1 Å². The van der Waals surface area contributed by atoms with Crippen LogP contribution in [0.2, 0.25) is 5.02 Å². The zero-order valence-corrected chi connectivity index (χ0v) is 15.6. The lowest BCUT2D eigenvalue weighted by molar-refractivity contribution is 0.0518. The van der Waals surface area contributed by atoms with E-state index in [0.29, 0.717) is 29.8 Å². The molecule has 0 radical (unpaired) electrons. The van der Waals surface area contributed by atoms with E-state index in [1.54, 1.807) is 17.7 Å². The molecule has 25 heavy (non-hydrogen) atoms. The second-order valence-corrected chi connectivity index (χ2v) is 6.77. The number of rotatable bonds is 5. The first kappa shape index (κ1) is 17.5. The Kier molecular flexibility index (Phi) is 4.86. The van der Waals surface area contributed by atoms with Crippen LogP contribution in [-0.4, -0.2) is 22.4 Å².